The van der Waals surface area contributed by atoms with E-state index >= 15 is 0 Å². The predicted molar refractivity (Wildman–Crippen MR) is 108 cm³/mol. The number of alkyl halides is 1. The summed E-state index contributed by atoms with van der Waals surface area (Å²) in [5.41, 5.74) is 1.06. The lowest BCUT2D eigenvalue weighted by molar-refractivity contribution is -0.104. The number of hydrogen-bond acceptors (Lipinski definition) is 7. The van der Waals surface area contributed by atoms with Crippen LogP contribution in [0.5, 0.6) is 0 Å². The molecule has 0 saturated heterocycles. The van der Waals surface area contributed by atoms with Crippen LogP contribution in [-0.2, 0) is 16.0 Å². The average molecular weight is 408 g/mol. The van der Waals surface area contributed by atoms with E-state index in [1.165, 1.54) is 24.2 Å². The zero-order valence-electron chi connectivity index (χ0n) is 15.6. The summed E-state index contributed by atoms with van der Waals surface area (Å²) in [6, 6.07) is 6.65. The Hall–Kier alpha value is -2.94. The number of nitrogens with one attached hydrogen (secondary N) is 1. The predicted octanol–water partition coefficient (Wildman–Crippen LogP) is 3.11. The third-order valence-corrected chi connectivity index (χ3v) is 4.21. The lowest BCUT2D eigenvalue weighted by atomic mass is 10.1. The summed E-state index contributed by atoms with van der Waals surface area (Å²) in [4.78, 5) is 25.5. The molecule has 9 heteroatoms. The number of nitrogens with zero attached hydrogens (tertiary/aromatic N) is 3. The fraction of sp³-hybridized carbons (Fsp3) is 0.263. The number of hydrazone groups is 1. The second kappa shape index (κ2) is 13.3. The maximum Gasteiger partial charge on any atom is 0.182 e. The van der Waals surface area contributed by atoms with Gasteiger partial charge in [-0.2, -0.15) is 5.10 Å². The van der Waals surface area contributed by atoms with Crippen LogP contribution in [0.25, 0.3) is 0 Å². The highest BCUT2D eigenvalue weighted by Crippen LogP contribution is 2.20. The van der Waals surface area contributed by atoms with Crippen molar-refractivity contribution in [1.82, 2.24) is 9.99 Å². The van der Waals surface area contributed by atoms with Crippen molar-refractivity contribution in [1.29, 1.82) is 0 Å². The molecule has 1 heterocycles. The van der Waals surface area contributed by atoms with Crippen LogP contribution in [-0.4, -0.2) is 55.6 Å². The first-order valence-corrected chi connectivity index (χ1v) is 9.13. The normalized spacial score (nSPS) is 10.9. The van der Waals surface area contributed by atoms with Gasteiger partial charge in [-0.1, -0.05) is 12.1 Å². The van der Waals surface area contributed by atoms with Crippen molar-refractivity contribution in [3.8, 4) is 0 Å². The summed E-state index contributed by atoms with van der Waals surface area (Å²) in [5.74, 6) is -0.189. The zero-order chi connectivity index (χ0) is 20.8. The van der Waals surface area contributed by atoms with Crippen LogP contribution in [0, 0.1) is 5.82 Å². The van der Waals surface area contributed by atoms with Gasteiger partial charge in [-0.3, -0.25) is 14.6 Å². The van der Waals surface area contributed by atoms with Crippen molar-refractivity contribution >= 4 is 34.8 Å². The van der Waals surface area contributed by atoms with E-state index in [0.717, 1.165) is 28.1 Å². The van der Waals surface area contributed by atoms with E-state index in [0.29, 0.717) is 12.6 Å². The molecule has 28 heavy (non-hydrogen) atoms. The van der Waals surface area contributed by atoms with Crippen molar-refractivity contribution in [3.63, 3.8) is 0 Å². The summed E-state index contributed by atoms with van der Waals surface area (Å²) in [6.07, 6.45) is 5.99. The number of anilines is 1. The molecule has 6 nitrogen and oxygen atoms in total. The summed E-state index contributed by atoms with van der Waals surface area (Å²) < 4.78 is 24.7. The maximum atomic E-state index is 12.9. The number of allylic oxidation sites excluding steroid dienone is 2. The van der Waals surface area contributed by atoms with E-state index in [-0.39, 0.29) is 18.1 Å². The molecule has 0 spiro atoms. The summed E-state index contributed by atoms with van der Waals surface area (Å²) in [5, 5.41) is 8.88. The molecule has 0 fully saturated rings. The van der Waals surface area contributed by atoms with Crippen LogP contribution in [0.2, 0.25) is 0 Å². The molecule has 0 unspecified atom stereocenters. The Kier molecular flexibility index (Phi) is 10.9. The summed E-state index contributed by atoms with van der Waals surface area (Å²) in [6.45, 7) is -0.421. The molecular weight excluding hydrogens is 386 g/mol. The number of benzene rings is 1. The molecule has 0 aliphatic carbocycles. The second-order valence-electron chi connectivity index (χ2n) is 5.40. The lowest BCUT2D eigenvalue weighted by Gasteiger charge is -2.09. The van der Waals surface area contributed by atoms with Gasteiger partial charge in [0.1, 0.15) is 24.5 Å². The van der Waals surface area contributed by atoms with Gasteiger partial charge < -0.3 is 5.32 Å². The van der Waals surface area contributed by atoms with Gasteiger partial charge in [0.2, 0.25) is 0 Å². The number of rotatable bonds is 9. The van der Waals surface area contributed by atoms with E-state index in [2.05, 4.69) is 15.4 Å². The number of carbonyl (C=O) groups excluding carboxylic acids is 2. The monoisotopic (exact) mass is 408 g/mol. The zero-order valence-corrected chi connectivity index (χ0v) is 16.5. The highest BCUT2D eigenvalue weighted by molar-refractivity contribution is 7.15. The second-order valence-corrected chi connectivity index (χ2v) is 6.51. The molecule has 0 radical (unpaired) electrons. The molecule has 0 bridgehead atoms. The van der Waals surface area contributed by atoms with Gasteiger partial charge in [-0.25, -0.2) is 13.8 Å². The van der Waals surface area contributed by atoms with E-state index in [4.69, 9.17) is 0 Å². The van der Waals surface area contributed by atoms with Crippen LogP contribution >= 0.6 is 11.3 Å². The maximum absolute atomic E-state index is 12.9. The lowest BCUT2D eigenvalue weighted by Crippen LogP contribution is -2.16. The Bertz CT molecular complexity index is 809. The molecule has 0 amide bonds. The smallest absolute Gasteiger partial charge is 0.182 e. The third-order valence-electron chi connectivity index (χ3n) is 3.20. The number of thiazole rings is 1. The fourth-order valence-electron chi connectivity index (χ4n) is 1.96. The van der Waals surface area contributed by atoms with Crippen LogP contribution in [0.3, 0.4) is 0 Å². The Morgan fingerprint density at radius 1 is 1.39 bits per heavy atom. The molecule has 1 aromatic carbocycles. The van der Waals surface area contributed by atoms with E-state index in [1.54, 1.807) is 23.5 Å². The average Bonchev–Trinajstić information content (AvgIpc) is 3.13. The highest BCUT2D eigenvalue weighted by Gasteiger charge is 2.02. The number of aromatic nitrogens is 1. The van der Waals surface area contributed by atoms with Gasteiger partial charge in [0.05, 0.1) is 6.54 Å². The molecule has 0 saturated carbocycles. The molecule has 150 valence electrons. The van der Waals surface area contributed by atoms with Gasteiger partial charge in [-0.05, 0) is 29.8 Å². The van der Waals surface area contributed by atoms with Crippen molar-refractivity contribution in [2.45, 2.75) is 6.42 Å². The summed E-state index contributed by atoms with van der Waals surface area (Å²) >= 11 is 1.59. The number of carbonyl (C=O) groups is 2. The molecule has 0 aliphatic heterocycles. The minimum absolute atomic E-state index is 0.0862. The molecule has 0 aliphatic rings. The van der Waals surface area contributed by atoms with Crippen molar-refractivity contribution in [2.75, 3.05) is 32.6 Å². The number of hydrogen-bond donors (Lipinski definition) is 1. The first-order chi connectivity index (χ1) is 13.5. The summed E-state index contributed by atoms with van der Waals surface area (Å²) in [7, 11) is 3.38. The molecule has 1 N–H and O–H groups in total. The first kappa shape index (κ1) is 23.1. The van der Waals surface area contributed by atoms with Crippen LogP contribution in [0.1, 0.15) is 10.4 Å². The van der Waals surface area contributed by atoms with Gasteiger partial charge in [-0.15, -0.1) is 11.3 Å². The topological polar surface area (TPSA) is 74.7 Å². The Labute approximate surface area is 166 Å². The molecular formula is C19H22F2N4O2S. The minimum Gasteiger partial charge on any atom is -0.365 e. The van der Waals surface area contributed by atoms with Gasteiger partial charge in [0.15, 0.2) is 11.4 Å². The van der Waals surface area contributed by atoms with Crippen LogP contribution < -0.4 is 5.32 Å². The third kappa shape index (κ3) is 9.13. The van der Waals surface area contributed by atoms with E-state index in [9.17, 15) is 18.4 Å². The fourth-order valence-corrected chi connectivity index (χ4v) is 2.76. The SMILES string of the molecule is CN(CCF)/N=C(C=O)\C=C/C=O.CNc1ncc(Cc2cccc(F)c2)s1. The Balaban J connectivity index is 0.000000284. The van der Waals surface area contributed by atoms with Crippen molar-refractivity contribution < 1.29 is 18.4 Å². The van der Waals surface area contributed by atoms with Crippen molar-refractivity contribution in [3.05, 3.63) is 58.9 Å². The van der Waals surface area contributed by atoms with Gasteiger partial charge >= 0.3 is 0 Å². The van der Waals surface area contributed by atoms with E-state index < -0.39 is 6.67 Å². The van der Waals surface area contributed by atoms with Gasteiger partial charge in [0, 0.05) is 31.6 Å². The largest absolute Gasteiger partial charge is 0.365 e. The molecule has 0 atom stereocenters. The van der Waals surface area contributed by atoms with E-state index in [1.807, 2.05) is 19.3 Å². The van der Waals surface area contributed by atoms with Gasteiger partial charge in [0.25, 0.3) is 0 Å². The van der Waals surface area contributed by atoms with Crippen molar-refractivity contribution in [2.24, 2.45) is 5.10 Å². The number of halogens is 2. The first-order valence-electron chi connectivity index (χ1n) is 8.32. The van der Waals surface area contributed by atoms with Crippen LogP contribution in [0.4, 0.5) is 13.9 Å². The quantitative estimate of drug-likeness (QED) is 0.299. The minimum atomic E-state index is -0.538. The molecule has 1 aromatic heterocycles. The molecule has 2 aromatic rings. The number of aldehydes is 2. The highest BCUT2D eigenvalue weighted by atomic mass is 32.1. The Morgan fingerprint density at radius 3 is 2.75 bits per heavy atom. The van der Waals surface area contributed by atoms with Crippen LogP contribution in [0.15, 0.2) is 47.7 Å². The molecule has 2 rings (SSSR count). The Morgan fingerprint density at radius 2 is 2.18 bits per heavy atom. The standard InChI is InChI=1S/C11H11FN2S.C8H11FN2O2/c1-13-11-14-7-10(15-11)6-8-3-2-4-9(12)5-8;1-11(5-4-9)10-8(7-13)3-2-6-12/h2-5,7H,6H2,1H3,(H,13,14);2-3,6-7H,4-5H2,1H3/b;3-2-,10-8+.